The fraction of sp³-hybridized carbons (Fsp3) is 0.933. The van der Waals surface area contributed by atoms with Crippen molar-refractivity contribution in [3.8, 4) is 0 Å². The number of nitrogens with one attached hydrogen (secondary N) is 2. The van der Waals surface area contributed by atoms with Crippen LogP contribution in [-0.4, -0.2) is 43.2 Å². The highest BCUT2D eigenvalue weighted by molar-refractivity contribution is 5.74. The molecule has 19 heavy (non-hydrogen) atoms. The van der Waals surface area contributed by atoms with Crippen molar-refractivity contribution in [2.24, 2.45) is 5.41 Å². The second-order valence-corrected chi connectivity index (χ2v) is 6.69. The van der Waals surface area contributed by atoms with Crippen molar-refractivity contribution >= 4 is 6.03 Å². The first-order valence-corrected chi connectivity index (χ1v) is 7.86. The van der Waals surface area contributed by atoms with Crippen LogP contribution in [0, 0.1) is 5.41 Å². The largest absolute Gasteiger partial charge is 0.336 e. The van der Waals surface area contributed by atoms with E-state index in [2.05, 4.69) is 24.5 Å². The minimum absolute atomic E-state index is 0.130. The molecule has 1 unspecified atom stereocenters. The Morgan fingerprint density at radius 2 is 1.89 bits per heavy atom. The van der Waals surface area contributed by atoms with Gasteiger partial charge in [-0.15, -0.1) is 0 Å². The third-order valence-electron chi connectivity index (χ3n) is 4.68. The Hall–Kier alpha value is -0.770. The maximum absolute atomic E-state index is 12.2. The molecule has 4 nitrogen and oxygen atoms in total. The summed E-state index contributed by atoms with van der Waals surface area (Å²) in [4.78, 5) is 14.2. The van der Waals surface area contributed by atoms with Gasteiger partial charge in [0, 0.05) is 25.7 Å². The number of hydrogen-bond acceptors (Lipinski definition) is 2. The van der Waals surface area contributed by atoms with Gasteiger partial charge in [-0.1, -0.05) is 26.7 Å². The van der Waals surface area contributed by atoms with Crippen LogP contribution in [0.4, 0.5) is 4.79 Å². The van der Waals surface area contributed by atoms with Crippen LogP contribution in [-0.2, 0) is 0 Å². The van der Waals surface area contributed by atoms with Gasteiger partial charge in [0.15, 0.2) is 0 Å². The summed E-state index contributed by atoms with van der Waals surface area (Å²) in [6.07, 6.45) is 7.32. The number of urea groups is 1. The molecule has 2 aliphatic rings. The Labute approximate surface area is 117 Å². The molecular weight excluding hydrogens is 238 g/mol. The molecule has 2 N–H and O–H groups in total. The average Bonchev–Trinajstić information content (AvgIpc) is 2.65. The highest BCUT2D eigenvalue weighted by atomic mass is 16.2. The lowest BCUT2D eigenvalue weighted by atomic mass is 9.77. The van der Waals surface area contributed by atoms with Crippen molar-refractivity contribution in [2.45, 2.75) is 58.4 Å². The lowest BCUT2D eigenvalue weighted by molar-refractivity contribution is 0.166. The number of likely N-dealkylation sites (tertiary alicyclic amines) is 1. The molecule has 2 fully saturated rings. The van der Waals surface area contributed by atoms with Crippen LogP contribution in [0.5, 0.6) is 0 Å². The van der Waals surface area contributed by atoms with Gasteiger partial charge in [-0.3, -0.25) is 0 Å². The molecule has 0 aromatic rings. The van der Waals surface area contributed by atoms with Gasteiger partial charge in [0.2, 0.25) is 0 Å². The summed E-state index contributed by atoms with van der Waals surface area (Å²) in [5.74, 6) is 0. The van der Waals surface area contributed by atoms with Gasteiger partial charge >= 0.3 is 6.03 Å². The Balaban J connectivity index is 1.78. The molecule has 2 heterocycles. The predicted octanol–water partition coefficient (Wildman–Crippen LogP) is 2.35. The average molecular weight is 267 g/mol. The third-order valence-corrected chi connectivity index (χ3v) is 4.68. The number of carbonyl (C=O) groups is 1. The van der Waals surface area contributed by atoms with Gasteiger partial charge < -0.3 is 15.5 Å². The highest BCUT2D eigenvalue weighted by Gasteiger charge is 2.32. The highest BCUT2D eigenvalue weighted by Crippen LogP contribution is 2.29. The summed E-state index contributed by atoms with van der Waals surface area (Å²) in [7, 11) is 0. The number of nitrogens with zero attached hydrogens (tertiary/aromatic N) is 1. The number of hydrogen-bond donors (Lipinski definition) is 2. The summed E-state index contributed by atoms with van der Waals surface area (Å²) >= 11 is 0. The third kappa shape index (κ3) is 4.10. The molecule has 0 saturated carbocycles. The van der Waals surface area contributed by atoms with Gasteiger partial charge in [0.25, 0.3) is 0 Å². The van der Waals surface area contributed by atoms with Gasteiger partial charge in [-0.05, 0) is 37.6 Å². The molecule has 0 radical (unpaired) electrons. The fourth-order valence-corrected chi connectivity index (χ4v) is 3.19. The van der Waals surface area contributed by atoms with E-state index in [0.717, 1.165) is 39.0 Å². The molecular formula is C15H29N3O. The Morgan fingerprint density at radius 1 is 1.21 bits per heavy atom. The molecule has 0 spiro atoms. The van der Waals surface area contributed by atoms with E-state index < -0.39 is 0 Å². The zero-order valence-corrected chi connectivity index (χ0v) is 12.5. The van der Waals surface area contributed by atoms with E-state index in [1.165, 1.54) is 25.7 Å². The smallest absolute Gasteiger partial charge is 0.317 e. The van der Waals surface area contributed by atoms with Crippen molar-refractivity contribution in [2.75, 3.05) is 26.2 Å². The fourth-order valence-electron chi connectivity index (χ4n) is 3.19. The number of piperidine rings is 1. The van der Waals surface area contributed by atoms with E-state index in [0.29, 0.717) is 6.04 Å². The summed E-state index contributed by atoms with van der Waals surface area (Å²) in [5.41, 5.74) is 0.282. The molecule has 4 heteroatoms. The van der Waals surface area contributed by atoms with Gasteiger partial charge in [0.1, 0.15) is 0 Å². The lowest BCUT2D eigenvalue weighted by Gasteiger charge is -2.39. The normalized spacial score (nSPS) is 27.7. The molecule has 2 aliphatic heterocycles. The van der Waals surface area contributed by atoms with Gasteiger partial charge in [0.05, 0.1) is 0 Å². The van der Waals surface area contributed by atoms with Crippen molar-refractivity contribution in [1.29, 1.82) is 0 Å². The first-order valence-electron chi connectivity index (χ1n) is 7.86. The molecule has 0 bridgehead atoms. The van der Waals surface area contributed by atoms with Crippen molar-refractivity contribution < 1.29 is 4.79 Å². The SMILES string of the molecule is CC1(C)CCCNC1CNC(=O)N1CCCCCC1. The number of amides is 2. The van der Waals surface area contributed by atoms with Gasteiger partial charge in [-0.2, -0.15) is 0 Å². The summed E-state index contributed by atoms with van der Waals surface area (Å²) in [6.45, 7) is 8.26. The lowest BCUT2D eigenvalue weighted by Crippen LogP contribution is -2.54. The van der Waals surface area contributed by atoms with Crippen molar-refractivity contribution in [3.63, 3.8) is 0 Å². The van der Waals surface area contributed by atoms with E-state index >= 15 is 0 Å². The predicted molar refractivity (Wildman–Crippen MR) is 78.2 cm³/mol. The first-order chi connectivity index (χ1) is 9.09. The summed E-state index contributed by atoms with van der Waals surface area (Å²) in [6, 6.07) is 0.530. The zero-order chi connectivity index (χ0) is 13.7. The van der Waals surface area contributed by atoms with E-state index in [-0.39, 0.29) is 11.4 Å². The first kappa shape index (κ1) is 14.6. The van der Waals surface area contributed by atoms with E-state index in [9.17, 15) is 4.79 Å². The zero-order valence-electron chi connectivity index (χ0n) is 12.5. The van der Waals surface area contributed by atoms with Gasteiger partial charge in [-0.25, -0.2) is 4.79 Å². The summed E-state index contributed by atoms with van der Waals surface area (Å²) in [5, 5.41) is 6.68. The molecule has 2 amide bonds. The Bertz CT molecular complexity index is 296. The van der Waals surface area contributed by atoms with E-state index in [1.807, 2.05) is 4.90 Å². The van der Waals surface area contributed by atoms with Crippen molar-refractivity contribution in [1.82, 2.24) is 15.5 Å². The molecule has 0 aromatic carbocycles. The maximum atomic E-state index is 12.2. The molecule has 2 saturated heterocycles. The van der Waals surface area contributed by atoms with Crippen LogP contribution in [0.15, 0.2) is 0 Å². The van der Waals surface area contributed by atoms with Crippen LogP contribution in [0.1, 0.15) is 52.4 Å². The molecule has 1 atom stereocenters. The number of carbonyl (C=O) groups excluding carboxylic acids is 1. The molecule has 2 rings (SSSR count). The second kappa shape index (κ2) is 6.60. The molecule has 110 valence electrons. The quantitative estimate of drug-likeness (QED) is 0.806. The van der Waals surface area contributed by atoms with Crippen LogP contribution in [0.2, 0.25) is 0 Å². The van der Waals surface area contributed by atoms with Crippen LogP contribution in [0.3, 0.4) is 0 Å². The molecule has 0 aromatic heterocycles. The van der Waals surface area contributed by atoms with E-state index in [1.54, 1.807) is 0 Å². The summed E-state index contributed by atoms with van der Waals surface area (Å²) < 4.78 is 0. The molecule has 0 aliphatic carbocycles. The standard InChI is InChI=1S/C15H29N3O/c1-15(2)8-7-9-16-13(15)12-17-14(19)18-10-5-3-4-6-11-18/h13,16H,3-12H2,1-2H3,(H,17,19). The number of rotatable bonds is 2. The van der Waals surface area contributed by atoms with Crippen LogP contribution in [0.25, 0.3) is 0 Å². The topological polar surface area (TPSA) is 44.4 Å². The minimum Gasteiger partial charge on any atom is -0.336 e. The van der Waals surface area contributed by atoms with Crippen molar-refractivity contribution in [3.05, 3.63) is 0 Å². The Kier molecular flexibility index (Phi) is 5.08. The van der Waals surface area contributed by atoms with E-state index in [4.69, 9.17) is 0 Å². The maximum Gasteiger partial charge on any atom is 0.317 e. The second-order valence-electron chi connectivity index (χ2n) is 6.69. The monoisotopic (exact) mass is 267 g/mol. The van der Waals surface area contributed by atoms with Crippen LogP contribution < -0.4 is 10.6 Å². The Morgan fingerprint density at radius 3 is 2.53 bits per heavy atom. The minimum atomic E-state index is 0.130. The van der Waals surface area contributed by atoms with Crippen LogP contribution >= 0.6 is 0 Å².